The molecule has 2 rings (SSSR count). The average Bonchev–Trinajstić information content (AvgIpc) is 2.51. The van der Waals surface area contributed by atoms with E-state index in [9.17, 15) is 13.2 Å². The van der Waals surface area contributed by atoms with Crippen molar-refractivity contribution in [1.29, 1.82) is 0 Å². The first-order valence-electron chi connectivity index (χ1n) is 5.31. The molecule has 0 N–H and O–H groups in total. The van der Waals surface area contributed by atoms with Gasteiger partial charge >= 0.3 is 0 Å². The van der Waals surface area contributed by atoms with E-state index in [1.807, 2.05) is 13.8 Å². The first-order valence-corrected chi connectivity index (χ1v) is 7.77. The van der Waals surface area contributed by atoms with Gasteiger partial charge in [0.2, 0.25) is 0 Å². The molecular weight excluding hydrogens is 343 g/mol. The Morgan fingerprint density at radius 1 is 1.50 bits per heavy atom. The van der Waals surface area contributed by atoms with Crippen LogP contribution in [0.3, 0.4) is 0 Å². The second-order valence-corrected chi connectivity index (χ2v) is 8.04. The van der Waals surface area contributed by atoms with Crippen molar-refractivity contribution < 1.29 is 15.7 Å². The number of fused-ring (bicyclic) bond motifs is 2. The first kappa shape index (κ1) is 12.8. The molecule has 0 aromatic heterocycles. The number of ketones is 1. The van der Waals surface area contributed by atoms with E-state index >= 15 is 0 Å². The third-order valence-electron chi connectivity index (χ3n) is 4.66. The highest BCUT2D eigenvalue weighted by Crippen LogP contribution is 2.64. The van der Waals surface area contributed by atoms with E-state index in [-0.39, 0.29) is 17.0 Å². The number of halogens is 1. The lowest BCUT2D eigenvalue weighted by molar-refractivity contribution is -0.128. The molecule has 92 valence electrons. The number of carbonyl (C=O) groups is 1. The largest absolute Gasteiger partial charge is 0.299 e. The van der Waals surface area contributed by atoms with Crippen LogP contribution in [0.25, 0.3) is 0 Å². The lowest BCUT2D eigenvalue weighted by atomic mass is 9.70. The minimum atomic E-state index is -3.58. The van der Waals surface area contributed by atoms with Gasteiger partial charge in [-0.05, 0) is 24.2 Å². The Morgan fingerprint density at radius 3 is 2.50 bits per heavy atom. The maximum absolute atomic E-state index is 12.0. The predicted molar refractivity (Wildman–Crippen MR) is 67.5 cm³/mol. The number of carbonyl (C=O) groups excluding carboxylic acids is 1. The predicted octanol–water partition coefficient (Wildman–Crippen LogP) is 2.08. The zero-order valence-corrected chi connectivity index (χ0v) is 12.3. The molecule has 16 heavy (non-hydrogen) atoms. The minimum Gasteiger partial charge on any atom is -0.299 e. The fourth-order valence-electron chi connectivity index (χ4n) is 3.43. The Hall–Kier alpha value is 0.310. The summed E-state index contributed by atoms with van der Waals surface area (Å²) in [6, 6.07) is 0. The van der Waals surface area contributed by atoms with Crippen LogP contribution in [-0.2, 0) is 17.4 Å². The molecule has 2 aliphatic rings. The molecule has 0 aliphatic heterocycles. The van der Waals surface area contributed by atoms with Gasteiger partial charge in [0.15, 0.2) is 0 Å². The van der Waals surface area contributed by atoms with Crippen LogP contribution < -0.4 is 0 Å². The van der Waals surface area contributed by atoms with Gasteiger partial charge in [0, 0.05) is 6.42 Å². The summed E-state index contributed by atoms with van der Waals surface area (Å²) in [6.07, 6.45) is 2.17. The van der Waals surface area contributed by atoms with Crippen LogP contribution in [0.15, 0.2) is 0 Å². The molecule has 2 unspecified atom stereocenters. The maximum Gasteiger partial charge on any atom is 0.277 e. The van der Waals surface area contributed by atoms with Crippen molar-refractivity contribution in [3.8, 4) is 0 Å². The van der Waals surface area contributed by atoms with Crippen molar-refractivity contribution in [3.63, 3.8) is 0 Å². The first-order chi connectivity index (χ1) is 7.25. The lowest BCUT2D eigenvalue weighted by Crippen LogP contribution is -2.42. The molecule has 4 nitrogen and oxygen atoms in total. The summed E-state index contributed by atoms with van der Waals surface area (Å²) >= 11 is 1.37. The van der Waals surface area contributed by atoms with Gasteiger partial charge in [-0.2, -0.15) is 10.9 Å². The molecule has 2 aliphatic carbocycles. The summed E-state index contributed by atoms with van der Waals surface area (Å²) in [5.74, 6) is 0.279. The highest BCUT2D eigenvalue weighted by molar-refractivity contribution is 14.1. The van der Waals surface area contributed by atoms with Crippen molar-refractivity contribution >= 4 is 38.9 Å². The van der Waals surface area contributed by atoms with Crippen molar-refractivity contribution in [3.05, 3.63) is 0 Å². The average molecular weight is 358 g/mol. The molecule has 2 bridgehead atoms. The molecular formula is C10H15IO4S. The van der Waals surface area contributed by atoms with Gasteiger partial charge in [0.1, 0.15) is 28.8 Å². The van der Waals surface area contributed by atoms with Gasteiger partial charge in [-0.3, -0.25) is 4.79 Å². The fraction of sp³-hybridized carbons (Fsp3) is 0.900. The summed E-state index contributed by atoms with van der Waals surface area (Å²) in [5.41, 5.74) is -0.923. The molecule has 2 fully saturated rings. The summed E-state index contributed by atoms with van der Waals surface area (Å²) < 4.78 is 27.7. The summed E-state index contributed by atoms with van der Waals surface area (Å²) in [6.45, 7) is 4.02. The minimum absolute atomic E-state index is 0.103. The van der Waals surface area contributed by atoms with Crippen LogP contribution in [0.5, 0.6) is 0 Å². The molecule has 0 aromatic carbocycles. The van der Waals surface area contributed by atoms with Crippen molar-refractivity contribution in [2.75, 3.05) is 5.75 Å². The van der Waals surface area contributed by atoms with Crippen LogP contribution >= 0.6 is 23.0 Å². The van der Waals surface area contributed by atoms with Gasteiger partial charge < -0.3 is 0 Å². The molecule has 0 spiro atoms. The number of Topliss-reactive ketones (excluding diaryl/α,β-unsaturated/α-hetero) is 1. The molecule has 0 saturated heterocycles. The smallest absolute Gasteiger partial charge is 0.277 e. The third kappa shape index (κ3) is 1.56. The zero-order chi connectivity index (χ0) is 12.2. The molecule has 6 heteroatoms. The number of hydrogen-bond donors (Lipinski definition) is 0. The van der Waals surface area contributed by atoms with Gasteiger partial charge in [0.05, 0.1) is 11.2 Å². The number of rotatable bonds is 3. The Morgan fingerprint density at radius 2 is 2.12 bits per heavy atom. The second kappa shape index (κ2) is 3.65. The highest BCUT2D eigenvalue weighted by Gasteiger charge is 2.65. The molecule has 0 radical (unpaired) electrons. The van der Waals surface area contributed by atoms with Crippen molar-refractivity contribution in [2.45, 2.75) is 33.1 Å². The molecule has 2 saturated carbocycles. The van der Waals surface area contributed by atoms with Crippen LogP contribution in [0, 0.1) is 16.7 Å². The standard InChI is InChI=1S/C10H15IO4S/c1-9(2)7-3-4-10(9,8(12)5-7)6-16(13,14)15-11/h7H,3-6H2,1-2H3. The Bertz CT molecular complexity index is 428. The van der Waals surface area contributed by atoms with Crippen LogP contribution in [0.2, 0.25) is 0 Å². The SMILES string of the molecule is CC1(C)C2CCC1(CS(=O)(=O)OI)C(=O)C2. The van der Waals surface area contributed by atoms with Crippen LogP contribution in [-0.4, -0.2) is 20.0 Å². The molecule has 0 aromatic rings. The number of hydrogen-bond acceptors (Lipinski definition) is 4. The van der Waals surface area contributed by atoms with E-state index < -0.39 is 15.5 Å². The molecule has 2 atom stereocenters. The third-order valence-corrected chi connectivity index (χ3v) is 7.34. The topological polar surface area (TPSA) is 60.4 Å². The lowest BCUT2D eigenvalue weighted by Gasteiger charge is -2.35. The van der Waals surface area contributed by atoms with Crippen LogP contribution in [0.4, 0.5) is 0 Å². The zero-order valence-electron chi connectivity index (χ0n) is 9.32. The van der Waals surface area contributed by atoms with E-state index in [1.165, 1.54) is 23.0 Å². The van der Waals surface area contributed by atoms with E-state index in [2.05, 4.69) is 2.51 Å². The van der Waals surface area contributed by atoms with Gasteiger partial charge in [-0.15, -0.1) is 0 Å². The van der Waals surface area contributed by atoms with E-state index in [1.54, 1.807) is 0 Å². The van der Waals surface area contributed by atoms with E-state index in [0.29, 0.717) is 18.8 Å². The van der Waals surface area contributed by atoms with Crippen LogP contribution in [0.1, 0.15) is 33.1 Å². The summed E-state index contributed by atoms with van der Waals surface area (Å²) in [5, 5.41) is 0. The quantitative estimate of drug-likeness (QED) is 0.725. The van der Waals surface area contributed by atoms with Gasteiger partial charge in [0.25, 0.3) is 10.1 Å². The van der Waals surface area contributed by atoms with Crippen molar-refractivity contribution in [1.82, 2.24) is 0 Å². The normalized spacial score (nSPS) is 36.9. The monoisotopic (exact) mass is 358 g/mol. The van der Waals surface area contributed by atoms with E-state index in [0.717, 1.165) is 6.42 Å². The maximum atomic E-state index is 12.0. The molecule has 0 amide bonds. The Kier molecular flexibility index (Phi) is 2.91. The molecule has 0 heterocycles. The highest BCUT2D eigenvalue weighted by atomic mass is 127. The van der Waals surface area contributed by atoms with Gasteiger partial charge in [-0.25, -0.2) is 0 Å². The fourth-order valence-corrected chi connectivity index (χ4v) is 5.14. The van der Waals surface area contributed by atoms with Crippen molar-refractivity contribution in [2.24, 2.45) is 16.7 Å². The summed E-state index contributed by atoms with van der Waals surface area (Å²) in [4.78, 5) is 12.0. The second-order valence-electron chi connectivity index (χ2n) is 5.43. The van der Waals surface area contributed by atoms with E-state index in [4.69, 9.17) is 0 Å². The van der Waals surface area contributed by atoms with Gasteiger partial charge in [-0.1, -0.05) is 13.8 Å². The summed E-state index contributed by atoms with van der Waals surface area (Å²) in [7, 11) is -3.58. The Balaban J connectivity index is 2.40. The Labute approximate surface area is 110 Å².